The van der Waals surface area contributed by atoms with E-state index in [-0.39, 0.29) is 5.92 Å². The van der Waals surface area contributed by atoms with Crippen LogP contribution >= 0.6 is 0 Å². The van der Waals surface area contributed by atoms with Crippen LogP contribution in [0.4, 0.5) is 13.2 Å². The van der Waals surface area contributed by atoms with Gasteiger partial charge in [0.15, 0.2) is 5.78 Å². The maximum Gasteiger partial charge on any atom is 0.490 e. The summed E-state index contributed by atoms with van der Waals surface area (Å²) in [5.41, 5.74) is 0. The summed E-state index contributed by atoms with van der Waals surface area (Å²) in [5.74, 6) is -0.655. The van der Waals surface area contributed by atoms with Crippen molar-refractivity contribution in [3.05, 3.63) is 0 Å². The number of carbonyl (C=O) groups excluding carboxylic acids is 1. The van der Waals surface area contributed by atoms with E-state index in [4.69, 9.17) is 14.6 Å². The number of carboxylic acids is 1. The van der Waals surface area contributed by atoms with Crippen molar-refractivity contribution in [3.63, 3.8) is 0 Å². The van der Waals surface area contributed by atoms with Crippen LogP contribution in [-0.2, 0) is 14.3 Å². The van der Waals surface area contributed by atoms with Gasteiger partial charge in [0.1, 0.15) is 6.61 Å². The van der Waals surface area contributed by atoms with Gasteiger partial charge >= 0.3 is 12.1 Å². The minimum atomic E-state index is -5.08. The smallest absolute Gasteiger partial charge is 0.475 e. The standard InChI is InChI=1S/C10H17NO2.C2HF3O2/c1-13-6-10(12)7-2-8-4-11-5-9(8)3-7;3-2(4,5)1(6)7/h7-9,11H,2-6H2,1H3;(H,6,7). The fourth-order valence-corrected chi connectivity index (χ4v) is 2.69. The van der Waals surface area contributed by atoms with Gasteiger partial charge in [-0.25, -0.2) is 4.79 Å². The molecular weight excluding hydrogens is 279 g/mol. The van der Waals surface area contributed by atoms with E-state index in [9.17, 15) is 18.0 Å². The number of ether oxygens (including phenoxy) is 1. The quantitative estimate of drug-likeness (QED) is 0.815. The SMILES string of the molecule is COCC(=O)C1CC2CNCC2C1.O=C(O)C(F)(F)F. The van der Waals surface area contributed by atoms with Crippen LogP contribution in [0.2, 0.25) is 0 Å². The lowest BCUT2D eigenvalue weighted by atomic mass is 10.0. The Morgan fingerprint density at radius 1 is 1.25 bits per heavy atom. The second-order valence-electron chi connectivity index (χ2n) is 5.05. The van der Waals surface area contributed by atoms with Crippen LogP contribution in [0.3, 0.4) is 0 Å². The fraction of sp³-hybridized carbons (Fsp3) is 0.833. The molecule has 2 aliphatic rings. The predicted octanol–water partition coefficient (Wildman–Crippen LogP) is 1.08. The number of Topliss-reactive ketones (excluding diaryl/α,β-unsaturated/α-hetero) is 1. The number of rotatable bonds is 3. The molecular formula is C12H18F3NO4. The van der Waals surface area contributed by atoms with E-state index in [1.165, 1.54) is 0 Å². The summed E-state index contributed by atoms with van der Waals surface area (Å²) in [6, 6.07) is 0. The third-order valence-electron chi connectivity index (χ3n) is 3.64. The average molecular weight is 297 g/mol. The molecule has 1 aliphatic heterocycles. The fourth-order valence-electron chi connectivity index (χ4n) is 2.69. The first-order valence-corrected chi connectivity index (χ1v) is 6.28. The first-order chi connectivity index (χ1) is 9.25. The van der Waals surface area contributed by atoms with E-state index in [1.807, 2.05) is 0 Å². The van der Waals surface area contributed by atoms with E-state index in [2.05, 4.69) is 5.32 Å². The van der Waals surface area contributed by atoms with Crippen molar-refractivity contribution < 1.29 is 32.6 Å². The Hall–Kier alpha value is -1.15. The van der Waals surface area contributed by atoms with Crippen molar-refractivity contribution >= 4 is 11.8 Å². The van der Waals surface area contributed by atoms with Gasteiger partial charge in [0.2, 0.25) is 0 Å². The molecule has 0 spiro atoms. The zero-order chi connectivity index (χ0) is 15.3. The second kappa shape index (κ2) is 7.03. The van der Waals surface area contributed by atoms with Gasteiger partial charge in [0, 0.05) is 13.0 Å². The highest BCUT2D eigenvalue weighted by atomic mass is 19.4. The number of aliphatic carboxylic acids is 1. The second-order valence-corrected chi connectivity index (χ2v) is 5.05. The maximum absolute atomic E-state index is 11.5. The van der Waals surface area contributed by atoms with Gasteiger partial charge in [0.05, 0.1) is 0 Å². The van der Waals surface area contributed by atoms with Crippen LogP contribution in [0.5, 0.6) is 0 Å². The molecule has 0 aromatic carbocycles. The molecule has 1 heterocycles. The molecule has 2 rings (SSSR count). The molecule has 2 fully saturated rings. The molecule has 116 valence electrons. The van der Waals surface area contributed by atoms with Crippen LogP contribution in [0, 0.1) is 17.8 Å². The molecule has 1 aliphatic carbocycles. The normalized spacial score (nSPS) is 28.5. The first kappa shape index (κ1) is 16.9. The highest BCUT2D eigenvalue weighted by Crippen LogP contribution is 2.38. The van der Waals surface area contributed by atoms with Gasteiger partial charge in [-0.1, -0.05) is 0 Å². The summed E-state index contributed by atoms with van der Waals surface area (Å²) >= 11 is 0. The van der Waals surface area contributed by atoms with E-state index >= 15 is 0 Å². The van der Waals surface area contributed by atoms with Crippen molar-refractivity contribution in [2.75, 3.05) is 26.8 Å². The van der Waals surface area contributed by atoms with Gasteiger partial charge in [-0.05, 0) is 37.8 Å². The lowest BCUT2D eigenvalue weighted by molar-refractivity contribution is -0.192. The van der Waals surface area contributed by atoms with Gasteiger partial charge in [-0.3, -0.25) is 4.79 Å². The maximum atomic E-state index is 11.5. The van der Waals surface area contributed by atoms with E-state index in [0.29, 0.717) is 12.4 Å². The Kier molecular flexibility index (Phi) is 5.94. The molecule has 20 heavy (non-hydrogen) atoms. The summed E-state index contributed by atoms with van der Waals surface area (Å²) in [4.78, 5) is 20.4. The average Bonchev–Trinajstić information content (AvgIpc) is 2.88. The molecule has 8 heteroatoms. The van der Waals surface area contributed by atoms with Crippen molar-refractivity contribution in [2.45, 2.75) is 19.0 Å². The molecule has 5 nitrogen and oxygen atoms in total. The summed E-state index contributed by atoms with van der Waals surface area (Å²) in [5, 5.41) is 10.5. The van der Waals surface area contributed by atoms with Gasteiger partial charge in [0.25, 0.3) is 0 Å². The molecule has 0 aromatic rings. The summed E-state index contributed by atoms with van der Waals surface area (Å²) in [7, 11) is 1.59. The highest BCUT2D eigenvalue weighted by Gasteiger charge is 2.40. The molecule has 0 radical (unpaired) electrons. The van der Waals surface area contributed by atoms with E-state index in [0.717, 1.165) is 37.8 Å². The van der Waals surface area contributed by atoms with Gasteiger partial charge < -0.3 is 15.2 Å². The lowest BCUT2D eigenvalue weighted by Gasteiger charge is -2.08. The Morgan fingerprint density at radius 3 is 2.05 bits per heavy atom. The van der Waals surface area contributed by atoms with Crippen LogP contribution < -0.4 is 5.32 Å². The minimum Gasteiger partial charge on any atom is -0.475 e. The zero-order valence-electron chi connectivity index (χ0n) is 11.1. The number of carbonyl (C=O) groups is 2. The Morgan fingerprint density at radius 2 is 1.70 bits per heavy atom. The van der Waals surface area contributed by atoms with Crippen molar-refractivity contribution in [1.29, 1.82) is 0 Å². The van der Waals surface area contributed by atoms with Crippen LogP contribution in [-0.4, -0.2) is 49.8 Å². The number of nitrogens with one attached hydrogen (secondary N) is 1. The summed E-state index contributed by atoms with van der Waals surface area (Å²) in [6.07, 6.45) is -2.92. The summed E-state index contributed by atoms with van der Waals surface area (Å²) in [6.45, 7) is 2.53. The molecule has 2 unspecified atom stereocenters. The summed E-state index contributed by atoms with van der Waals surface area (Å²) < 4.78 is 36.6. The van der Waals surface area contributed by atoms with E-state index in [1.54, 1.807) is 7.11 Å². The molecule has 0 amide bonds. The largest absolute Gasteiger partial charge is 0.490 e. The number of ketones is 1. The highest BCUT2D eigenvalue weighted by molar-refractivity contribution is 5.82. The third kappa shape index (κ3) is 4.75. The number of halogens is 3. The number of fused-ring (bicyclic) bond motifs is 1. The Bertz CT molecular complexity index is 347. The Balaban J connectivity index is 0.000000246. The van der Waals surface area contributed by atoms with E-state index < -0.39 is 12.1 Å². The third-order valence-corrected chi connectivity index (χ3v) is 3.64. The van der Waals surface area contributed by atoms with Crippen LogP contribution in [0.25, 0.3) is 0 Å². The number of alkyl halides is 3. The van der Waals surface area contributed by atoms with Gasteiger partial charge in [-0.2, -0.15) is 13.2 Å². The molecule has 0 bridgehead atoms. The topological polar surface area (TPSA) is 75.6 Å². The van der Waals surface area contributed by atoms with Crippen LogP contribution in [0.15, 0.2) is 0 Å². The lowest BCUT2D eigenvalue weighted by Crippen LogP contribution is -2.21. The number of hydrogen-bond acceptors (Lipinski definition) is 4. The van der Waals surface area contributed by atoms with Crippen molar-refractivity contribution in [3.8, 4) is 0 Å². The molecule has 1 saturated carbocycles. The molecule has 2 atom stereocenters. The Labute approximate surface area is 114 Å². The van der Waals surface area contributed by atoms with Crippen molar-refractivity contribution in [1.82, 2.24) is 5.32 Å². The zero-order valence-corrected chi connectivity index (χ0v) is 11.1. The minimum absolute atomic E-state index is 0.289. The number of methoxy groups -OCH3 is 1. The molecule has 1 saturated heterocycles. The molecule has 2 N–H and O–H groups in total. The van der Waals surface area contributed by atoms with Gasteiger partial charge in [-0.15, -0.1) is 0 Å². The predicted molar refractivity (Wildman–Crippen MR) is 63.1 cm³/mol. The first-order valence-electron chi connectivity index (χ1n) is 6.28. The van der Waals surface area contributed by atoms with Crippen molar-refractivity contribution in [2.24, 2.45) is 17.8 Å². The number of carboxylic acid groups (broad SMARTS) is 1. The number of hydrogen-bond donors (Lipinski definition) is 2. The monoisotopic (exact) mass is 297 g/mol. The molecule has 0 aromatic heterocycles. The van der Waals surface area contributed by atoms with Crippen LogP contribution in [0.1, 0.15) is 12.8 Å².